The first-order valence-corrected chi connectivity index (χ1v) is 5.81. The molecule has 4 heteroatoms. The van der Waals surface area contributed by atoms with Gasteiger partial charge in [-0.25, -0.2) is 0 Å². The van der Waals surface area contributed by atoms with E-state index >= 15 is 0 Å². The molecule has 0 radical (unpaired) electrons. The summed E-state index contributed by atoms with van der Waals surface area (Å²) in [7, 11) is 0. The third-order valence-electron chi connectivity index (χ3n) is 3.16. The van der Waals surface area contributed by atoms with Crippen LogP contribution in [0.4, 0.5) is 0 Å². The highest BCUT2D eigenvalue weighted by Gasteiger charge is 2.55. The Hall–Kier alpha value is -0.940. The summed E-state index contributed by atoms with van der Waals surface area (Å²) in [5.41, 5.74) is 1.00. The highest BCUT2D eigenvalue weighted by Crippen LogP contribution is 2.44. The Morgan fingerprint density at radius 3 is 2.41 bits per heavy atom. The van der Waals surface area contributed by atoms with E-state index in [1.807, 2.05) is 44.2 Å². The number of hydrogen-bond acceptors (Lipinski definition) is 4. The highest BCUT2D eigenvalue weighted by molar-refractivity contribution is 5.21. The Morgan fingerprint density at radius 2 is 1.71 bits per heavy atom. The van der Waals surface area contributed by atoms with Crippen molar-refractivity contribution in [2.75, 3.05) is 0 Å². The van der Waals surface area contributed by atoms with E-state index in [4.69, 9.17) is 14.2 Å². The van der Waals surface area contributed by atoms with Gasteiger partial charge in [0.15, 0.2) is 12.1 Å². The van der Waals surface area contributed by atoms with E-state index in [0.717, 1.165) is 5.56 Å². The van der Waals surface area contributed by atoms with Crippen molar-refractivity contribution in [3.63, 3.8) is 0 Å². The van der Waals surface area contributed by atoms with Gasteiger partial charge in [0.1, 0.15) is 18.3 Å². The molecule has 17 heavy (non-hydrogen) atoms. The minimum absolute atomic E-state index is 0.248. The minimum Gasteiger partial charge on any atom is -0.366 e. The molecule has 2 aliphatic heterocycles. The molecule has 1 aromatic rings. The molecule has 2 fully saturated rings. The Balaban J connectivity index is 1.89. The van der Waals surface area contributed by atoms with E-state index in [1.165, 1.54) is 0 Å². The van der Waals surface area contributed by atoms with Crippen LogP contribution >= 0.6 is 0 Å². The van der Waals surface area contributed by atoms with Gasteiger partial charge in [-0.15, -0.1) is 0 Å². The first kappa shape index (κ1) is 11.2. The Labute approximate surface area is 100 Å². The molecule has 1 unspecified atom stereocenters. The lowest BCUT2D eigenvalue weighted by molar-refractivity contribution is -0.221. The van der Waals surface area contributed by atoms with Crippen LogP contribution in [-0.2, 0) is 14.2 Å². The standard InChI is InChI=1S/C13H16O4/c1-13(2)16-10-9(8-6-4-3-5-7-8)15-12(14)11(10)17-13/h3-7,9-12,14H,1-2H3/t9-,10+,11?,12+/m0/s1. The number of hydrogen-bond donors (Lipinski definition) is 1. The van der Waals surface area contributed by atoms with E-state index < -0.39 is 18.2 Å². The molecule has 1 aromatic carbocycles. The van der Waals surface area contributed by atoms with E-state index in [2.05, 4.69) is 0 Å². The van der Waals surface area contributed by atoms with Crippen LogP contribution < -0.4 is 0 Å². The molecule has 4 nitrogen and oxygen atoms in total. The van der Waals surface area contributed by atoms with Gasteiger partial charge in [0.05, 0.1) is 0 Å². The third-order valence-corrected chi connectivity index (χ3v) is 3.16. The van der Waals surface area contributed by atoms with Crippen LogP contribution in [-0.4, -0.2) is 29.4 Å². The number of rotatable bonds is 1. The van der Waals surface area contributed by atoms with Crippen molar-refractivity contribution in [2.24, 2.45) is 0 Å². The lowest BCUT2D eigenvalue weighted by atomic mass is 10.0. The van der Waals surface area contributed by atoms with Crippen LogP contribution in [0.2, 0.25) is 0 Å². The smallest absolute Gasteiger partial charge is 0.184 e. The van der Waals surface area contributed by atoms with E-state index in [0.29, 0.717) is 0 Å². The molecule has 0 bridgehead atoms. The summed E-state index contributed by atoms with van der Waals surface area (Å²) >= 11 is 0. The van der Waals surface area contributed by atoms with Gasteiger partial charge in [0, 0.05) is 0 Å². The molecule has 0 spiro atoms. The largest absolute Gasteiger partial charge is 0.366 e. The van der Waals surface area contributed by atoms with E-state index in [-0.39, 0.29) is 12.2 Å². The first-order chi connectivity index (χ1) is 8.07. The second kappa shape index (κ2) is 3.78. The van der Waals surface area contributed by atoms with Crippen LogP contribution in [0.25, 0.3) is 0 Å². The summed E-state index contributed by atoms with van der Waals surface area (Å²) in [4.78, 5) is 0. The number of aliphatic hydroxyl groups excluding tert-OH is 1. The van der Waals surface area contributed by atoms with Crippen molar-refractivity contribution in [3.8, 4) is 0 Å². The predicted molar refractivity (Wildman–Crippen MR) is 60.1 cm³/mol. The second-order valence-electron chi connectivity index (χ2n) is 4.92. The summed E-state index contributed by atoms with van der Waals surface area (Å²) in [6.07, 6.45) is -1.84. The van der Waals surface area contributed by atoms with Crippen molar-refractivity contribution in [1.82, 2.24) is 0 Å². The first-order valence-electron chi connectivity index (χ1n) is 5.81. The maximum atomic E-state index is 9.84. The van der Waals surface area contributed by atoms with Crippen LogP contribution in [0.15, 0.2) is 30.3 Å². The maximum Gasteiger partial charge on any atom is 0.184 e. The van der Waals surface area contributed by atoms with Crippen LogP contribution in [0, 0.1) is 0 Å². The molecule has 4 atom stereocenters. The lowest BCUT2D eigenvalue weighted by Crippen LogP contribution is -2.29. The van der Waals surface area contributed by atoms with E-state index in [9.17, 15) is 5.11 Å². The molecule has 2 aliphatic rings. The molecule has 3 rings (SSSR count). The van der Waals surface area contributed by atoms with Gasteiger partial charge in [0.25, 0.3) is 0 Å². The monoisotopic (exact) mass is 236 g/mol. The van der Waals surface area contributed by atoms with Gasteiger partial charge in [-0.3, -0.25) is 0 Å². The maximum absolute atomic E-state index is 9.84. The Kier molecular flexibility index (Phi) is 2.48. The van der Waals surface area contributed by atoms with Gasteiger partial charge in [-0.05, 0) is 19.4 Å². The summed E-state index contributed by atoms with van der Waals surface area (Å²) in [6, 6.07) is 9.77. The fourth-order valence-electron chi connectivity index (χ4n) is 2.49. The number of benzene rings is 1. The van der Waals surface area contributed by atoms with Crippen molar-refractivity contribution in [2.45, 2.75) is 44.2 Å². The molecule has 92 valence electrons. The van der Waals surface area contributed by atoms with Crippen molar-refractivity contribution in [3.05, 3.63) is 35.9 Å². The van der Waals surface area contributed by atoms with E-state index in [1.54, 1.807) is 0 Å². The quantitative estimate of drug-likeness (QED) is 0.804. The zero-order chi connectivity index (χ0) is 12.0. The summed E-state index contributed by atoms with van der Waals surface area (Å²) < 4.78 is 17.0. The molecule has 2 saturated heterocycles. The molecule has 0 aliphatic carbocycles. The Morgan fingerprint density at radius 1 is 1.06 bits per heavy atom. The minimum atomic E-state index is -0.924. The SMILES string of the molecule is CC1(C)OC2[C@H](O)O[C@@H](c3ccccc3)[C@H]2O1. The summed E-state index contributed by atoms with van der Waals surface area (Å²) in [5.74, 6) is -0.660. The summed E-state index contributed by atoms with van der Waals surface area (Å²) in [5, 5.41) is 9.84. The van der Waals surface area contributed by atoms with Gasteiger partial charge >= 0.3 is 0 Å². The van der Waals surface area contributed by atoms with Crippen molar-refractivity contribution in [1.29, 1.82) is 0 Å². The van der Waals surface area contributed by atoms with Crippen LogP contribution in [0.1, 0.15) is 25.5 Å². The van der Waals surface area contributed by atoms with Gasteiger partial charge in [-0.2, -0.15) is 0 Å². The fourth-order valence-corrected chi connectivity index (χ4v) is 2.49. The Bertz CT molecular complexity index is 403. The van der Waals surface area contributed by atoms with Crippen molar-refractivity contribution >= 4 is 0 Å². The average Bonchev–Trinajstić information content (AvgIpc) is 2.76. The second-order valence-corrected chi connectivity index (χ2v) is 4.92. The zero-order valence-corrected chi connectivity index (χ0v) is 9.87. The summed E-state index contributed by atoms with van der Waals surface area (Å²) in [6.45, 7) is 3.69. The van der Waals surface area contributed by atoms with Gasteiger partial charge in [-0.1, -0.05) is 30.3 Å². The molecular formula is C13H16O4. The van der Waals surface area contributed by atoms with Gasteiger partial charge < -0.3 is 19.3 Å². The normalized spacial score (nSPS) is 39.2. The third kappa shape index (κ3) is 1.87. The van der Waals surface area contributed by atoms with Crippen LogP contribution in [0.3, 0.4) is 0 Å². The molecule has 0 aromatic heterocycles. The number of aliphatic hydroxyl groups is 1. The molecule has 1 N–H and O–H groups in total. The molecule has 0 saturated carbocycles. The molecular weight excluding hydrogens is 220 g/mol. The highest BCUT2D eigenvalue weighted by atomic mass is 16.8. The topological polar surface area (TPSA) is 47.9 Å². The predicted octanol–water partition coefficient (Wildman–Crippen LogP) is 1.60. The number of fused-ring (bicyclic) bond motifs is 1. The lowest BCUT2D eigenvalue weighted by Gasteiger charge is -2.22. The zero-order valence-electron chi connectivity index (χ0n) is 9.87. The average molecular weight is 236 g/mol. The fraction of sp³-hybridized carbons (Fsp3) is 0.538. The molecule has 2 heterocycles. The van der Waals surface area contributed by atoms with Crippen LogP contribution in [0.5, 0.6) is 0 Å². The van der Waals surface area contributed by atoms with Crippen molar-refractivity contribution < 1.29 is 19.3 Å². The van der Waals surface area contributed by atoms with Gasteiger partial charge in [0.2, 0.25) is 0 Å². The number of ether oxygens (including phenoxy) is 3. The molecule has 0 amide bonds.